The number of benzene rings is 2. The number of nitrogens with zero attached hydrogens (tertiary/aromatic N) is 1. The lowest BCUT2D eigenvalue weighted by Gasteiger charge is -2.31. The predicted octanol–water partition coefficient (Wildman–Crippen LogP) is 3.49. The van der Waals surface area contributed by atoms with Gasteiger partial charge in [-0.15, -0.1) is 0 Å². The number of hydrogen-bond acceptors (Lipinski definition) is 6. The standard InChI is InChI=1S/C22H25NO5/c1-25-22(24)18-3-5-19(6-4-18)26-14-16-8-10-23(11-9-16)13-17-2-7-20-21(12-17)28-15-27-20/h2-7,12,16H,8-11,13-15H2,1H3. The van der Waals surface area contributed by atoms with Crippen molar-refractivity contribution >= 4 is 5.97 Å². The minimum absolute atomic E-state index is 0.315. The van der Waals surface area contributed by atoms with E-state index in [4.69, 9.17) is 18.9 Å². The molecule has 1 saturated heterocycles. The fourth-order valence-electron chi connectivity index (χ4n) is 3.63. The summed E-state index contributed by atoms with van der Waals surface area (Å²) in [4.78, 5) is 13.9. The van der Waals surface area contributed by atoms with E-state index in [1.165, 1.54) is 12.7 Å². The Kier molecular flexibility index (Phi) is 5.67. The molecule has 0 aliphatic carbocycles. The molecule has 0 spiro atoms. The molecule has 1 fully saturated rings. The van der Waals surface area contributed by atoms with Crippen molar-refractivity contribution in [3.8, 4) is 17.2 Å². The zero-order valence-corrected chi connectivity index (χ0v) is 16.1. The van der Waals surface area contributed by atoms with E-state index in [0.29, 0.717) is 24.9 Å². The SMILES string of the molecule is COC(=O)c1ccc(OCC2CCN(Cc3ccc4c(c3)OCO4)CC2)cc1. The Balaban J connectivity index is 1.21. The molecule has 2 heterocycles. The quantitative estimate of drug-likeness (QED) is 0.712. The molecule has 6 heteroatoms. The number of esters is 1. The van der Waals surface area contributed by atoms with Crippen LogP contribution in [0.15, 0.2) is 42.5 Å². The first kappa shape index (κ1) is 18.6. The van der Waals surface area contributed by atoms with Gasteiger partial charge < -0.3 is 18.9 Å². The summed E-state index contributed by atoms with van der Waals surface area (Å²) in [5, 5.41) is 0. The van der Waals surface area contributed by atoms with Gasteiger partial charge in [-0.3, -0.25) is 4.90 Å². The van der Waals surface area contributed by atoms with Gasteiger partial charge in [0.05, 0.1) is 19.3 Å². The molecule has 0 saturated carbocycles. The summed E-state index contributed by atoms with van der Waals surface area (Å²) < 4.78 is 21.5. The molecule has 2 aromatic rings. The minimum Gasteiger partial charge on any atom is -0.493 e. The van der Waals surface area contributed by atoms with Crippen LogP contribution in [0.3, 0.4) is 0 Å². The fourth-order valence-corrected chi connectivity index (χ4v) is 3.63. The first-order chi connectivity index (χ1) is 13.7. The summed E-state index contributed by atoms with van der Waals surface area (Å²) in [5.74, 6) is 2.68. The topological polar surface area (TPSA) is 57.2 Å². The van der Waals surface area contributed by atoms with Crippen LogP contribution >= 0.6 is 0 Å². The van der Waals surface area contributed by atoms with Crippen molar-refractivity contribution in [1.29, 1.82) is 0 Å². The van der Waals surface area contributed by atoms with E-state index < -0.39 is 0 Å². The molecule has 0 bridgehead atoms. The van der Waals surface area contributed by atoms with Gasteiger partial charge in [0, 0.05) is 6.54 Å². The Morgan fingerprint density at radius 2 is 1.82 bits per heavy atom. The first-order valence-electron chi connectivity index (χ1n) is 9.63. The molecule has 0 unspecified atom stereocenters. The fraction of sp³-hybridized carbons (Fsp3) is 0.409. The Labute approximate surface area is 165 Å². The van der Waals surface area contributed by atoms with E-state index in [1.807, 2.05) is 18.2 Å². The first-order valence-corrected chi connectivity index (χ1v) is 9.63. The highest BCUT2D eigenvalue weighted by molar-refractivity contribution is 5.89. The van der Waals surface area contributed by atoms with Gasteiger partial charge in [-0.1, -0.05) is 6.07 Å². The summed E-state index contributed by atoms with van der Waals surface area (Å²) in [6.07, 6.45) is 2.23. The zero-order valence-electron chi connectivity index (χ0n) is 16.1. The zero-order chi connectivity index (χ0) is 19.3. The van der Waals surface area contributed by atoms with E-state index in [9.17, 15) is 4.79 Å². The van der Waals surface area contributed by atoms with Crippen molar-refractivity contribution in [3.05, 3.63) is 53.6 Å². The Morgan fingerprint density at radius 3 is 2.57 bits per heavy atom. The van der Waals surface area contributed by atoms with Gasteiger partial charge in [0.1, 0.15) is 5.75 Å². The Morgan fingerprint density at radius 1 is 1.07 bits per heavy atom. The van der Waals surface area contributed by atoms with Gasteiger partial charge in [-0.2, -0.15) is 0 Å². The number of methoxy groups -OCH3 is 1. The average molecular weight is 383 g/mol. The van der Waals surface area contributed by atoms with Crippen LogP contribution < -0.4 is 14.2 Å². The summed E-state index contributed by atoms with van der Waals surface area (Å²) in [6.45, 7) is 4.07. The smallest absolute Gasteiger partial charge is 0.337 e. The second kappa shape index (κ2) is 8.52. The van der Waals surface area contributed by atoms with Gasteiger partial charge in [0.15, 0.2) is 11.5 Å². The van der Waals surface area contributed by atoms with Crippen molar-refractivity contribution in [2.75, 3.05) is 33.6 Å². The summed E-state index contributed by atoms with van der Waals surface area (Å²) >= 11 is 0. The molecule has 0 atom stereocenters. The van der Waals surface area contributed by atoms with E-state index in [2.05, 4.69) is 17.0 Å². The maximum atomic E-state index is 11.5. The van der Waals surface area contributed by atoms with Crippen molar-refractivity contribution in [1.82, 2.24) is 4.90 Å². The number of fused-ring (bicyclic) bond motifs is 1. The van der Waals surface area contributed by atoms with Gasteiger partial charge in [0.25, 0.3) is 0 Å². The van der Waals surface area contributed by atoms with Crippen molar-refractivity contribution in [2.24, 2.45) is 5.92 Å². The monoisotopic (exact) mass is 383 g/mol. The van der Waals surface area contributed by atoms with Crippen LogP contribution in [-0.4, -0.2) is 44.5 Å². The highest BCUT2D eigenvalue weighted by Crippen LogP contribution is 2.33. The van der Waals surface area contributed by atoms with E-state index in [-0.39, 0.29) is 5.97 Å². The van der Waals surface area contributed by atoms with Crippen LogP contribution in [0.4, 0.5) is 0 Å². The third kappa shape index (κ3) is 4.39. The van der Waals surface area contributed by atoms with Crippen molar-refractivity contribution < 1.29 is 23.7 Å². The molecular weight excluding hydrogens is 358 g/mol. The number of hydrogen-bond donors (Lipinski definition) is 0. The van der Waals surface area contributed by atoms with E-state index in [0.717, 1.165) is 49.7 Å². The maximum absolute atomic E-state index is 11.5. The summed E-state index contributed by atoms with van der Waals surface area (Å²) in [6, 6.07) is 13.3. The number of piperidine rings is 1. The van der Waals surface area contributed by atoms with Crippen LogP contribution in [0.2, 0.25) is 0 Å². The number of carbonyl (C=O) groups is 1. The van der Waals surface area contributed by atoms with Crippen molar-refractivity contribution in [2.45, 2.75) is 19.4 Å². The largest absolute Gasteiger partial charge is 0.493 e. The van der Waals surface area contributed by atoms with Gasteiger partial charge in [0.2, 0.25) is 6.79 Å². The molecule has 0 amide bonds. The number of rotatable bonds is 6. The predicted molar refractivity (Wildman–Crippen MR) is 104 cm³/mol. The van der Waals surface area contributed by atoms with Gasteiger partial charge in [-0.05, 0) is 73.8 Å². The summed E-state index contributed by atoms with van der Waals surface area (Å²) in [5.41, 5.74) is 1.79. The van der Waals surface area contributed by atoms with Crippen LogP contribution in [0.5, 0.6) is 17.2 Å². The van der Waals surface area contributed by atoms with E-state index >= 15 is 0 Å². The van der Waals surface area contributed by atoms with Crippen LogP contribution in [0.1, 0.15) is 28.8 Å². The van der Waals surface area contributed by atoms with Crippen LogP contribution in [0, 0.1) is 5.92 Å². The molecule has 4 rings (SSSR count). The lowest BCUT2D eigenvalue weighted by molar-refractivity contribution is 0.0600. The third-order valence-electron chi connectivity index (χ3n) is 5.31. The molecule has 2 aliphatic rings. The van der Waals surface area contributed by atoms with Crippen LogP contribution in [0.25, 0.3) is 0 Å². The summed E-state index contributed by atoms with van der Waals surface area (Å²) in [7, 11) is 1.38. The Hall–Kier alpha value is -2.73. The maximum Gasteiger partial charge on any atom is 0.337 e. The molecule has 2 aliphatic heterocycles. The van der Waals surface area contributed by atoms with Crippen LogP contribution in [-0.2, 0) is 11.3 Å². The normalized spacial score (nSPS) is 16.8. The lowest BCUT2D eigenvalue weighted by atomic mass is 9.97. The molecule has 2 aromatic carbocycles. The molecular formula is C22H25NO5. The molecule has 0 radical (unpaired) electrons. The highest BCUT2D eigenvalue weighted by atomic mass is 16.7. The van der Waals surface area contributed by atoms with Crippen molar-refractivity contribution in [3.63, 3.8) is 0 Å². The second-order valence-electron chi connectivity index (χ2n) is 7.23. The molecule has 0 aromatic heterocycles. The number of likely N-dealkylation sites (tertiary alicyclic amines) is 1. The molecule has 28 heavy (non-hydrogen) atoms. The van der Waals surface area contributed by atoms with Gasteiger partial charge >= 0.3 is 5.97 Å². The minimum atomic E-state index is -0.332. The lowest BCUT2D eigenvalue weighted by Crippen LogP contribution is -2.35. The second-order valence-corrected chi connectivity index (χ2v) is 7.23. The average Bonchev–Trinajstić information content (AvgIpc) is 3.21. The van der Waals surface area contributed by atoms with E-state index in [1.54, 1.807) is 12.1 Å². The molecule has 148 valence electrons. The molecule has 0 N–H and O–H groups in total. The third-order valence-corrected chi connectivity index (χ3v) is 5.31. The number of carbonyl (C=O) groups excluding carboxylic acids is 1. The highest BCUT2D eigenvalue weighted by Gasteiger charge is 2.21. The van der Waals surface area contributed by atoms with Gasteiger partial charge in [-0.25, -0.2) is 4.79 Å². The molecule has 6 nitrogen and oxygen atoms in total. The number of ether oxygens (including phenoxy) is 4. The Bertz CT molecular complexity index is 812.